The van der Waals surface area contributed by atoms with Crippen molar-refractivity contribution in [3.63, 3.8) is 0 Å². The summed E-state index contributed by atoms with van der Waals surface area (Å²) >= 11 is 0. The van der Waals surface area contributed by atoms with Gasteiger partial charge < -0.3 is 14.0 Å². The number of nitro benzene ring substituents is 1. The van der Waals surface area contributed by atoms with Crippen LogP contribution in [0.2, 0.25) is 0 Å². The molecule has 0 radical (unpaired) electrons. The minimum absolute atomic E-state index is 0.00184. The van der Waals surface area contributed by atoms with E-state index in [0.717, 1.165) is 0 Å². The molecule has 114 valence electrons. The van der Waals surface area contributed by atoms with Crippen molar-refractivity contribution in [3.05, 3.63) is 27.8 Å². The van der Waals surface area contributed by atoms with Gasteiger partial charge in [0.05, 0.1) is 23.2 Å². The minimum Gasteiger partial charge on any atom is -0.497 e. The molecule has 1 aliphatic heterocycles. The number of nitro groups is 1. The molecular weight excluding hydrogens is 273 g/mol. The highest BCUT2D eigenvalue weighted by Gasteiger charge is 2.52. The number of hydrogen-bond acceptors (Lipinski definition) is 5. The van der Waals surface area contributed by atoms with Gasteiger partial charge in [0.1, 0.15) is 5.75 Å². The van der Waals surface area contributed by atoms with Gasteiger partial charge in [0.25, 0.3) is 5.69 Å². The first-order valence-electron chi connectivity index (χ1n) is 6.77. The Labute approximate surface area is 124 Å². The van der Waals surface area contributed by atoms with Crippen LogP contribution in [0.15, 0.2) is 12.1 Å². The minimum atomic E-state index is -0.691. The van der Waals surface area contributed by atoms with Gasteiger partial charge in [0.2, 0.25) is 0 Å². The second kappa shape index (κ2) is 5.00. The highest BCUT2D eigenvalue weighted by Crippen LogP contribution is 2.37. The molecule has 1 fully saturated rings. The highest BCUT2D eigenvalue weighted by molar-refractivity contribution is 6.63. The molecule has 0 aromatic heterocycles. The van der Waals surface area contributed by atoms with E-state index < -0.39 is 23.2 Å². The molecule has 0 unspecified atom stereocenters. The maximum atomic E-state index is 11.1. The molecule has 1 aliphatic rings. The molecule has 21 heavy (non-hydrogen) atoms. The Kier molecular flexibility index (Phi) is 3.76. The Balaban J connectivity index is 2.51. The third kappa shape index (κ3) is 2.63. The number of aryl methyl sites for hydroxylation is 1. The van der Waals surface area contributed by atoms with Crippen LogP contribution in [0.5, 0.6) is 5.75 Å². The average molecular weight is 293 g/mol. The number of nitrogens with zero attached hydrogens (tertiary/aromatic N) is 1. The Hall–Kier alpha value is -1.60. The first-order chi connectivity index (χ1) is 9.59. The van der Waals surface area contributed by atoms with Gasteiger partial charge in [-0.15, -0.1) is 0 Å². The highest BCUT2D eigenvalue weighted by atomic mass is 16.7. The number of rotatable bonds is 3. The molecule has 1 aromatic carbocycles. The summed E-state index contributed by atoms with van der Waals surface area (Å²) in [6, 6.07) is 2.93. The standard InChI is InChI=1S/C14H20BNO5/c1-9-7-10(16(17)18)8-11(12(9)19-6)15-20-13(2,3)14(4,5)21-15/h7-8H,1-6H3. The fraction of sp³-hybridized carbons (Fsp3) is 0.571. The quantitative estimate of drug-likeness (QED) is 0.485. The lowest BCUT2D eigenvalue weighted by Gasteiger charge is -2.32. The third-order valence-corrected chi connectivity index (χ3v) is 4.21. The van der Waals surface area contributed by atoms with Crippen molar-refractivity contribution in [2.45, 2.75) is 45.8 Å². The molecule has 1 heterocycles. The number of non-ortho nitro benzene ring substituents is 1. The Bertz CT molecular complexity index is 569. The lowest BCUT2D eigenvalue weighted by Crippen LogP contribution is -2.41. The van der Waals surface area contributed by atoms with E-state index in [1.807, 2.05) is 27.7 Å². The SMILES string of the molecule is COc1c(C)cc([N+](=O)[O-])cc1B1OC(C)(C)C(C)(C)O1. The van der Waals surface area contributed by atoms with E-state index in [2.05, 4.69) is 0 Å². The van der Waals surface area contributed by atoms with Crippen molar-refractivity contribution in [2.24, 2.45) is 0 Å². The fourth-order valence-electron chi connectivity index (χ4n) is 2.31. The molecule has 0 saturated carbocycles. The normalized spacial score (nSPS) is 19.6. The van der Waals surface area contributed by atoms with E-state index in [1.54, 1.807) is 6.92 Å². The summed E-state index contributed by atoms with van der Waals surface area (Å²) in [6.45, 7) is 9.50. The molecule has 0 atom stereocenters. The van der Waals surface area contributed by atoms with Crippen LogP contribution in [0.3, 0.4) is 0 Å². The molecule has 7 heteroatoms. The number of ether oxygens (including phenoxy) is 1. The van der Waals surface area contributed by atoms with Crippen LogP contribution in [0.4, 0.5) is 5.69 Å². The monoisotopic (exact) mass is 293 g/mol. The summed E-state index contributed by atoms with van der Waals surface area (Å²) < 4.78 is 17.3. The van der Waals surface area contributed by atoms with Crippen molar-refractivity contribution in [3.8, 4) is 5.75 Å². The van der Waals surface area contributed by atoms with Crippen LogP contribution in [-0.4, -0.2) is 30.4 Å². The van der Waals surface area contributed by atoms with Gasteiger partial charge in [0.15, 0.2) is 0 Å². The molecule has 0 spiro atoms. The van der Waals surface area contributed by atoms with E-state index in [9.17, 15) is 10.1 Å². The first kappa shape index (κ1) is 15.8. The number of methoxy groups -OCH3 is 1. The molecule has 0 N–H and O–H groups in total. The summed E-state index contributed by atoms with van der Waals surface area (Å²) in [4.78, 5) is 10.6. The van der Waals surface area contributed by atoms with Crippen molar-refractivity contribution in [1.82, 2.24) is 0 Å². The van der Waals surface area contributed by atoms with E-state index in [0.29, 0.717) is 16.8 Å². The van der Waals surface area contributed by atoms with Gasteiger partial charge in [-0.3, -0.25) is 10.1 Å². The zero-order valence-corrected chi connectivity index (χ0v) is 13.2. The van der Waals surface area contributed by atoms with E-state index in [4.69, 9.17) is 14.0 Å². The van der Waals surface area contributed by atoms with Crippen LogP contribution < -0.4 is 10.2 Å². The zero-order chi connectivity index (χ0) is 16.0. The predicted molar refractivity (Wildman–Crippen MR) is 80.1 cm³/mol. The molecule has 1 saturated heterocycles. The Morgan fingerprint density at radius 1 is 1.19 bits per heavy atom. The molecule has 2 rings (SSSR count). The fourth-order valence-corrected chi connectivity index (χ4v) is 2.31. The van der Waals surface area contributed by atoms with Crippen LogP contribution in [0, 0.1) is 17.0 Å². The second-order valence-electron chi connectivity index (χ2n) is 6.23. The Morgan fingerprint density at radius 3 is 2.14 bits per heavy atom. The maximum Gasteiger partial charge on any atom is 0.498 e. The lowest BCUT2D eigenvalue weighted by molar-refractivity contribution is -0.384. The summed E-state index contributed by atoms with van der Waals surface area (Å²) in [5.41, 5.74) is 0.194. The average Bonchev–Trinajstić information content (AvgIpc) is 2.57. The van der Waals surface area contributed by atoms with Gasteiger partial charge in [-0.25, -0.2) is 0 Å². The second-order valence-corrected chi connectivity index (χ2v) is 6.23. The third-order valence-electron chi connectivity index (χ3n) is 4.21. The molecular formula is C14H20BNO5. The summed E-state index contributed by atoms with van der Waals surface area (Å²) in [6.07, 6.45) is 0. The molecule has 0 bridgehead atoms. The maximum absolute atomic E-state index is 11.1. The van der Waals surface area contributed by atoms with Crippen LogP contribution >= 0.6 is 0 Å². The topological polar surface area (TPSA) is 70.8 Å². The smallest absolute Gasteiger partial charge is 0.497 e. The lowest BCUT2D eigenvalue weighted by atomic mass is 9.77. The van der Waals surface area contributed by atoms with Gasteiger partial charge in [0, 0.05) is 17.6 Å². The van der Waals surface area contributed by atoms with Crippen LogP contribution in [-0.2, 0) is 9.31 Å². The van der Waals surface area contributed by atoms with E-state index >= 15 is 0 Å². The Morgan fingerprint density at radius 2 is 1.71 bits per heavy atom. The zero-order valence-electron chi connectivity index (χ0n) is 13.2. The number of hydrogen-bond donors (Lipinski definition) is 0. The molecule has 1 aromatic rings. The van der Waals surface area contributed by atoms with Gasteiger partial charge in [-0.1, -0.05) is 0 Å². The molecule has 0 amide bonds. The van der Waals surface area contributed by atoms with Gasteiger partial charge in [-0.05, 0) is 40.2 Å². The number of benzene rings is 1. The van der Waals surface area contributed by atoms with Gasteiger partial charge >= 0.3 is 7.12 Å². The first-order valence-corrected chi connectivity index (χ1v) is 6.77. The predicted octanol–water partition coefficient (Wildman–Crippen LogP) is 2.21. The summed E-state index contributed by atoms with van der Waals surface area (Å²) in [7, 11) is 0.840. The van der Waals surface area contributed by atoms with Gasteiger partial charge in [-0.2, -0.15) is 0 Å². The summed E-state index contributed by atoms with van der Waals surface area (Å²) in [5, 5.41) is 11.1. The summed E-state index contributed by atoms with van der Waals surface area (Å²) in [5.74, 6) is 0.555. The van der Waals surface area contributed by atoms with Crippen molar-refractivity contribution in [2.75, 3.05) is 7.11 Å². The molecule has 6 nitrogen and oxygen atoms in total. The molecule has 0 aliphatic carbocycles. The largest absolute Gasteiger partial charge is 0.498 e. The van der Waals surface area contributed by atoms with Crippen molar-refractivity contribution >= 4 is 18.3 Å². The van der Waals surface area contributed by atoms with Crippen LogP contribution in [0.25, 0.3) is 0 Å². The van der Waals surface area contributed by atoms with E-state index in [-0.39, 0.29) is 5.69 Å². The van der Waals surface area contributed by atoms with Crippen molar-refractivity contribution in [1.29, 1.82) is 0 Å². The van der Waals surface area contributed by atoms with Crippen molar-refractivity contribution < 1.29 is 19.0 Å². The van der Waals surface area contributed by atoms with E-state index in [1.165, 1.54) is 19.2 Å². The van der Waals surface area contributed by atoms with Crippen LogP contribution in [0.1, 0.15) is 33.3 Å².